The van der Waals surface area contributed by atoms with E-state index in [0.717, 1.165) is 22.6 Å². The Morgan fingerprint density at radius 1 is 1.05 bits per heavy atom. The number of benzene rings is 2. The maximum atomic E-state index is 13.8. The molecule has 3 atom stereocenters. The third kappa shape index (κ3) is 8.10. The molecule has 4 aromatic rings. The van der Waals surface area contributed by atoms with Gasteiger partial charge >= 0.3 is 18.4 Å². The summed E-state index contributed by atoms with van der Waals surface area (Å²) in [6, 6.07) is 7.84. The first-order valence-electron chi connectivity index (χ1n) is 17.2. The van der Waals surface area contributed by atoms with Crippen molar-refractivity contribution in [3.8, 4) is 16.9 Å². The van der Waals surface area contributed by atoms with Gasteiger partial charge in [0.2, 0.25) is 0 Å². The second-order valence-corrected chi connectivity index (χ2v) is 15.5. The first kappa shape index (κ1) is 40.6. The van der Waals surface area contributed by atoms with Gasteiger partial charge in [-0.25, -0.2) is 32.9 Å². The van der Waals surface area contributed by atoms with Crippen LogP contribution >= 0.6 is 11.6 Å². The molecule has 1 aliphatic carbocycles. The molecule has 3 N–H and O–H groups in total. The van der Waals surface area contributed by atoms with Crippen LogP contribution in [0.2, 0.25) is 5.02 Å². The molecule has 3 heterocycles. The average molecular weight is 817 g/mol. The van der Waals surface area contributed by atoms with Gasteiger partial charge in [0, 0.05) is 5.56 Å². The van der Waals surface area contributed by atoms with Crippen LogP contribution in [0.15, 0.2) is 60.0 Å². The maximum absolute atomic E-state index is 13.8. The Morgan fingerprint density at radius 3 is 2.32 bits per heavy atom. The SMILES string of the molecule is C[C@H](NC(=O)OC[C@H](c1ccc(Cl)c(-n2ncnc2C(F)F)c1)N1C[C@@](CC(C)(C)C)(c2ccc(-c3cn(C4(C(F)(F)F)CC4)nn3)cc2)N=C1N)C(F)(F)F. The van der Waals surface area contributed by atoms with E-state index in [4.69, 9.17) is 27.1 Å². The summed E-state index contributed by atoms with van der Waals surface area (Å²) in [5.41, 5.74) is 4.75. The average Bonchev–Trinajstić information content (AvgIpc) is 3.40. The molecule has 12 nitrogen and oxygen atoms in total. The molecule has 0 saturated heterocycles. The molecule has 1 fully saturated rings. The Hall–Kier alpha value is -5.01. The number of nitrogens with one attached hydrogen (secondary N) is 1. The van der Waals surface area contributed by atoms with Crippen molar-refractivity contribution >= 4 is 23.7 Å². The second kappa shape index (κ2) is 14.5. The van der Waals surface area contributed by atoms with E-state index in [9.17, 15) is 39.9 Å². The monoisotopic (exact) mass is 816 g/mol. The van der Waals surface area contributed by atoms with Crippen LogP contribution in [0, 0.1) is 5.41 Å². The molecule has 1 aliphatic heterocycles. The molecule has 0 unspecified atom stereocenters. The highest BCUT2D eigenvalue weighted by Gasteiger charge is 2.66. The number of aliphatic imine (C=N–C) groups is 1. The summed E-state index contributed by atoms with van der Waals surface area (Å²) in [6.45, 7) is 6.13. The standard InChI is InChI=1S/C35H37ClF8N10O2/c1-19(34(39,40)41)48-30(55)56-15-26(21-7-10-23(36)25(13-21)54-28(27(37)38)46-18-47-54)52-17-32(49-29(52)45,16-31(2,3)4)22-8-5-20(6-9-22)24-14-53(51-50-24)33(11-12-33)35(42,43)44/h5-10,13-14,18-19,26-27H,11-12,15-17H2,1-4H3,(H2,45,49)(H,48,55)/t19-,26+,32-/m0/s1. The van der Waals surface area contributed by atoms with E-state index in [1.54, 1.807) is 34.5 Å². The lowest BCUT2D eigenvalue weighted by Gasteiger charge is -2.36. The zero-order valence-corrected chi connectivity index (χ0v) is 31.1. The Balaban J connectivity index is 1.35. The molecule has 6 rings (SSSR count). The minimum absolute atomic E-state index is 0.00790. The first-order valence-corrected chi connectivity index (χ1v) is 17.6. The minimum Gasteiger partial charge on any atom is -0.447 e. The molecule has 56 heavy (non-hydrogen) atoms. The first-order chi connectivity index (χ1) is 26.0. The van der Waals surface area contributed by atoms with Gasteiger partial charge in [-0.05, 0) is 54.9 Å². The third-order valence-electron chi connectivity index (χ3n) is 9.71. The van der Waals surface area contributed by atoms with E-state index >= 15 is 0 Å². The summed E-state index contributed by atoms with van der Waals surface area (Å²) in [5.74, 6) is -0.742. The smallest absolute Gasteiger partial charge is 0.413 e. The highest BCUT2D eigenvalue weighted by atomic mass is 35.5. The van der Waals surface area contributed by atoms with Gasteiger partial charge in [0.15, 0.2) is 17.3 Å². The molecule has 0 bridgehead atoms. The summed E-state index contributed by atoms with van der Waals surface area (Å²) in [6.07, 6.45) is -11.3. The molecule has 0 radical (unpaired) electrons. The van der Waals surface area contributed by atoms with Crippen LogP contribution < -0.4 is 11.1 Å². The lowest BCUT2D eigenvalue weighted by Crippen LogP contribution is -2.45. The number of halogens is 9. The van der Waals surface area contributed by atoms with Gasteiger partial charge in [-0.2, -0.15) is 31.4 Å². The van der Waals surface area contributed by atoms with Crippen LogP contribution in [0.4, 0.5) is 39.9 Å². The number of hydrogen-bond donors (Lipinski definition) is 2. The summed E-state index contributed by atoms with van der Waals surface area (Å²) in [7, 11) is 0. The van der Waals surface area contributed by atoms with Gasteiger partial charge in [-0.3, -0.25) is 0 Å². The van der Waals surface area contributed by atoms with E-state index < -0.39 is 60.5 Å². The third-order valence-corrected chi connectivity index (χ3v) is 10.0. The fourth-order valence-electron chi connectivity index (χ4n) is 6.80. The van der Waals surface area contributed by atoms with Gasteiger partial charge < -0.3 is 20.7 Å². The molecular formula is C35H37ClF8N10O2. The zero-order valence-electron chi connectivity index (χ0n) is 30.3. The highest BCUT2D eigenvalue weighted by molar-refractivity contribution is 6.32. The lowest BCUT2D eigenvalue weighted by atomic mass is 9.76. The van der Waals surface area contributed by atoms with Crippen molar-refractivity contribution in [2.75, 3.05) is 13.2 Å². The van der Waals surface area contributed by atoms with Crippen LogP contribution in [0.3, 0.4) is 0 Å². The van der Waals surface area contributed by atoms with Crippen LogP contribution in [0.1, 0.15) is 76.4 Å². The number of alkyl carbamates (subject to hydrolysis) is 1. The lowest BCUT2D eigenvalue weighted by molar-refractivity contribution is -0.182. The summed E-state index contributed by atoms with van der Waals surface area (Å²) in [5, 5.41) is 13.4. The molecule has 1 amide bonds. The number of rotatable bonds is 11. The molecule has 2 aromatic heterocycles. The van der Waals surface area contributed by atoms with Crippen molar-refractivity contribution in [2.24, 2.45) is 16.1 Å². The van der Waals surface area contributed by atoms with Gasteiger partial charge in [0.25, 0.3) is 6.43 Å². The topological polar surface area (TPSA) is 141 Å². The Labute approximate surface area is 320 Å². The summed E-state index contributed by atoms with van der Waals surface area (Å²) < 4.78 is 116. The zero-order chi connectivity index (χ0) is 41.0. The molecule has 21 heteroatoms. The number of hydrogen-bond acceptors (Lipinski definition) is 9. The molecule has 302 valence electrons. The van der Waals surface area contributed by atoms with Crippen LogP contribution in [0.25, 0.3) is 16.9 Å². The highest BCUT2D eigenvalue weighted by Crippen LogP contribution is 2.55. The number of carbonyl (C=O) groups excluding carboxylic acids is 1. The number of carbonyl (C=O) groups is 1. The summed E-state index contributed by atoms with van der Waals surface area (Å²) in [4.78, 5) is 22.8. The van der Waals surface area contributed by atoms with E-state index in [2.05, 4.69) is 20.4 Å². The number of aromatic nitrogens is 6. The Bertz CT molecular complexity index is 2090. The number of nitrogens with two attached hydrogens (primary N) is 1. The van der Waals surface area contributed by atoms with Crippen molar-refractivity contribution < 1.29 is 44.7 Å². The largest absolute Gasteiger partial charge is 0.447 e. The number of alkyl halides is 8. The van der Waals surface area contributed by atoms with E-state index in [1.807, 2.05) is 20.8 Å². The number of nitrogens with zero attached hydrogens (tertiary/aromatic N) is 8. The van der Waals surface area contributed by atoms with Crippen molar-refractivity contribution in [2.45, 2.75) is 88.9 Å². The molecule has 1 saturated carbocycles. The van der Waals surface area contributed by atoms with Crippen molar-refractivity contribution in [3.63, 3.8) is 0 Å². The van der Waals surface area contributed by atoms with Crippen molar-refractivity contribution in [1.82, 2.24) is 40.0 Å². The second-order valence-electron chi connectivity index (χ2n) is 15.1. The number of amides is 1. The van der Waals surface area contributed by atoms with E-state index in [-0.39, 0.29) is 47.2 Å². The van der Waals surface area contributed by atoms with Crippen LogP contribution in [-0.2, 0) is 15.8 Å². The van der Waals surface area contributed by atoms with E-state index in [0.29, 0.717) is 23.1 Å². The molecule has 2 aliphatic rings. The Kier molecular flexibility index (Phi) is 10.5. The van der Waals surface area contributed by atoms with Crippen LogP contribution in [-0.4, -0.2) is 78.3 Å². The number of ether oxygens (including phenoxy) is 1. The fourth-order valence-corrected chi connectivity index (χ4v) is 7.00. The van der Waals surface area contributed by atoms with E-state index in [1.165, 1.54) is 24.4 Å². The van der Waals surface area contributed by atoms with Gasteiger partial charge in [-0.15, -0.1) is 5.10 Å². The molecule has 2 aromatic carbocycles. The minimum atomic E-state index is -4.75. The van der Waals surface area contributed by atoms with Gasteiger partial charge in [0.1, 0.15) is 30.2 Å². The predicted octanol–water partition coefficient (Wildman–Crippen LogP) is 7.85. The quantitative estimate of drug-likeness (QED) is 0.146. The normalized spacial score (nSPS) is 19.5. The van der Waals surface area contributed by atoms with Gasteiger partial charge in [-0.1, -0.05) is 67.9 Å². The maximum Gasteiger partial charge on any atom is 0.413 e. The summed E-state index contributed by atoms with van der Waals surface area (Å²) >= 11 is 6.43. The van der Waals surface area contributed by atoms with Crippen molar-refractivity contribution in [1.29, 1.82) is 0 Å². The fraction of sp³-hybridized carbons (Fsp3) is 0.486. The molecular weight excluding hydrogens is 780 g/mol. The van der Waals surface area contributed by atoms with Crippen LogP contribution in [0.5, 0.6) is 0 Å². The predicted molar refractivity (Wildman–Crippen MR) is 187 cm³/mol. The number of guanidine groups is 1. The van der Waals surface area contributed by atoms with Crippen molar-refractivity contribution in [3.05, 3.63) is 77.0 Å². The van der Waals surface area contributed by atoms with Gasteiger partial charge in [0.05, 0.1) is 29.5 Å². The Morgan fingerprint density at radius 2 is 1.73 bits per heavy atom. The molecule has 0 spiro atoms.